The third kappa shape index (κ3) is 3.10. The minimum absolute atomic E-state index is 0.325. The number of fused-ring (bicyclic) bond motifs is 1. The van der Waals surface area contributed by atoms with Crippen LogP contribution in [0.15, 0.2) is 48.7 Å². The molecule has 0 amide bonds. The lowest BCUT2D eigenvalue weighted by molar-refractivity contribution is 0.327. The van der Waals surface area contributed by atoms with Crippen molar-refractivity contribution >= 4 is 0 Å². The Bertz CT molecular complexity index is 909. The monoisotopic (exact) mass is 335 g/mol. The summed E-state index contributed by atoms with van der Waals surface area (Å²) in [5, 5.41) is 3.34. The second kappa shape index (κ2) is 6.61. The van der Waals surface area contributed by atoms with Gasteiger partial charge in [0.1, 0.15) is 23.9 Å². The minimum atomic E-state index is -0.415. The van der Waals surface area contributed by atoms with E-state index in [1.54, 1.807) is 6.92 Å². The fourth-order valence-electron chi connectivity index (χ4n) is 3.04. The molecule has 4 nitrogen and oxygen atoms in total. The Balaban J connectivity index is 1.73. The molecule has 0 saturated carbocycles. The predicted octanol–water partition coefficient (Wildman–Crippen LogP) is 3.74. The number of hydrogen-bond acceptors (Lipinski definition) is 4. The van der Waals surface area contributed by atoms with Crippen LogP contribution in [0, 0.1) is 12.7 Å². The Morgan fingerprint density at radius 2 is 1.88 bits per heavy atom. The summed E-state index contributed by atoms with van der Waals surface area (Å²) in [7, 11) is 0. The summed E-state index contributed by atoms with van der Waals surface area (Å²) in [4.78, 5) is 8.09. The van der Waals surface area contributed by atoms with Crippen molar-refractivity contribution < 1.29 is 9.13 Å². The molecule has 3 aromatic rings. The summed E-state index contributed by atoms with van der Waals surface area (Å²) >= 11 is 0. The van der Waals surface area contributed by atoms with Crippen LogP contribution in [0.4, 0.5) is 4.39 Å². The quantitative estimate of drug-likeness (QED) is 0.775. The average Bonchev–Trinajstić information content (AvgIpc) is 2.89. The van der Waals surface area contributed by atoms with Gasteiger partial charge in [-0.25, -0.2) is 14.4 Å². The van der Waals surface area contributed by atoms with Crippen molar-refractivity contribution in [3.63, 3.8) is 0 Å². The van der Waals surface area contributed by atoms with Crippen LogP contribution < -0.4 is 10.1 Å². The number of para-hydroxylation sites is 1. The first-order valence-corrected chi connectivity index (χ1v) is 8.28. The van der Waals surface area contributed by atoms with Crippen LogP contribution in [-0.4, -0.2) is 23.1 Å². The lowest BCUT2D eigenvalue weighted by atomic mass is 9.99. The summed E-state index contributed by atoms with van der Waals surface area (Å²) in [5.41, 5.74) is 4.29. The number of aryl methyl sites for hydroxylation is 1. The van der Waals surface area contributed by atoms with E-state index in [4.69, 9.17) is 4.74 Å². The number of nitrogens with zero attached hydrogens (tertiary/aromatic N) is 2. The van der Waals surface area contributed by atoms with Gasteiger partial charge in [0.25, 0.3) is 0 Å². The molecular weight excluding hydrogens is 317 g/mol. The average molecular weight is 335 g/mol. The molecule has 25 heavy (non-hydrogen) atoms. The van der Waals surface area contributed by atoms with E-state index >= 15 is 0 Å². The van der Waals surface area contributed by atoms with E-state index in [2.05, 4.69) is 27.4 Å². The van der Waals surface area contributed by atoms with Crippen molar-refractivity contribution in [2.45, 2.75) is 13.5 Å². The molecule has 126 valence electrons. The van der Waals surface area contributed by atoms with Crippen LogP contribution in [0.1, 0.15) is 11.4 Å². The molecule has 2 aromatic carbocycles. The van der Waals surface area contributed by atoms with E-state index in [9.17, 15) is 4.39 Å². The van der Waals surface area contributed by atoms with Crippen molar-refractivity contribution in [2.75, 3.05) is 13.2 Å². The number of benzene rings is 2. The van der Waals surface area contributed by atoms with Crippen LogP contribution in [0.25, 0.3) is 22.4 Å². The topological polar surface area (TPSA) is 47.0 Å². The van der Waals surface area contributed by atoms with Crippen molar-refractivity contribution in [2.24, 2.45) is 0 Å². The van der Waals surface area contributed by atoms with Crippen LogP contribution >= 0.6 is 0 Å². The standard InChI is InChI=1S/C20H18FN3O/c1-13-23-12-18(21)19(24-13)15-7-5-14(6-8-15)17-4-2-3-16-11-22-9-10-25-20(16)17/h2-8,12,22H,9-11H2,1H3. The van der Waals surface area contributed by atoms with Gasteiger partial charge in [-0.05, 0) is 12.5 Å². The zero-order valence-corrected chi connectivity index (χ0v) is 13.9. The van der Waals surface area contributed by atoms with E-state index in [0.717, 1.165) is 41.1 Å². The molecule has 0 radical (unpaired) electrons. The number of nitrogens with one attached hydrogen (secondary N) is 1. The second-order valence-corrected chi connectivity index (χ2v) is 6.01. The molecule has 1 aliphatic rings. The van der Waals surface area contributed by atoms with Crippen LogP contribution in [-0.2, 0) is 6.54 Å². The smallest absolute Gasteiger partial charge is 0.167 e. The van der Waals surface area contributed by atoms with Gasteiger partial charge in [0.05, 0.1) is 6.20 Å². The van der Waals surface area contributed by atoms with Gasteiger partial charge in [0.2, 0.25) is 0 Å². The third-order valence-electron chi connectivity index (χ3n) is 4.27. The van der Waals surface area contributed by atoms with Gasteiger partial charge in [-0.15, -0.1) is 0 Å². The largest absolute Gasteiger partial charge is 0.491 e. The predicted molar refractivity (Wildman–Crippen MR) is 94.8 cm³/mol. The molecule has 1 aromatic heterocycles. The first kappa shape index (κ1) is 15.7. The highest BCUT2D eigenvalue weighted by molar-refractivity contribution is 5.74. The normalized spacial score (nSPS) is 13.7. The highest BCUT2D eigenvalue weighted by Gasteiger charge is 2.15. The van der Waals surface area contributed by atoms with Gasteiger partial charge in [-0.3, -0.25) is 0 Å². The van der Waals surface area contributed by atoms with Gasteiger partial charge >= 0.3 is 0 Å². The minimum Gasteiger partial charge on any atom is -0.491 e. The molecule has 0 atom stereocenters. The van der Waals surface area contributed by atoms with E-state index in [0.29, 0.717) is 18.1 Å². The van der Waals surface area contributed by atoms with E-state index < -0.39 is 5.82 Å². The SMILES string of the molecule is Cc1ncc(F)c(-c2ccc(-c3cccc4c3OCCNC4)cc2)n1. The molecule has 0 unspecified atom stereocenters. The number of rotatable bonds is 2. The lowest BCUT2D eigenvalue weighted by Gasteiger charge is -2.13. The first-order valence-electron chi connectivity index (χ1n) is 8.28. The number of aromatic nitrogens is 2. The molecular formula is C20H18FN3O. The number of halogens is 1. The summed E-state index contributed by atoms with van der Waals surface area (Å²) in [6, 6.07) is 13.9. The van der Waals surface area contributed by atoms with Crippen molar-refractivity contribution in [3.8, 4) is 28.1 Å². The van der Waals surface area contributed by atoms with Crippen LogP contribution in [0.3, 0.4) is 0 Å². The summed E-state index contributed by atoms with van der Waals surface area (Å²) in [6.45, 7) is 4.03. The molecule has 1 N–H and O–H groups in total. The maximum absolute atomic E-state index is 14.0. The molecule has 0 bridgehead atoms. The molecule has 1 aliphatic heterocycles. The molecule has 0 fully saturated rings. The maximum Gasteiger partial charge on any atom is 0.167 e. The lowest BCUT2D eigenvalue weighted by Crippen LogP contribution is -2.16. The first-order chi connectivity index (χ1) is 12.2. The van der Waals surface area contributed by atoms with Gasteiger partial charge in [-0.1, -0.05) is 42.5 Å². The zero-order valence-electron chi connectivity index (χ0n) is 13.9. The molecule has 0 spiro atoms. The molecule has 5 heteroatoms. The van der Waals surface area contributed by atoms with Gasteiger partial charge in [0, 0.05) is 29.8 Å². The van der Waals surface area contributed by atoms with Crippen LogP contribution in [0.2, 0.25) is 0 Å². The molecule has 4 rings (SSSR count). The Hall–Kier alpha value is -2.79. The van der Waals surface area contributed by atoms with Crippen molar-refractivity contribution in [3.05, 3.63) is 65.9 Å². The van der Waals surface area contributed by atoms with E-state index in [-0.39, 0.29) is 0 Å². The fourth-order valence-corrected chi connectivity index (χ4v) is 3.04. The Labute approximate surface area is 145 Å². The van der Waals surface area contributed by atoms with Gasteiger partial charge in [0.15, 0.2) is 5.82 Å². The summed E-state index contributed by atoms with van der Waals surface area (Å²) in [5.74, 6) is 1.06. The molecule has 0 saturated heterocycles. The van der Waals surface area contributed by atoms with Gasteiger partial charge < -0.3 is 10.1 Å². The number of hydrogen-bond donors (Lipinski definition) is 1. The summed E-state index contributed by atoms with van der Waals surface area (Å²) in [6.07, 6.45) is 1.21. The molecule has 0 aliphatic carbocycles. The Kier molecular flexibility index (Phi) is 4.15. The third-order valence-corrected chi connectivity index (χ3v) is 4.27. The highest BCUT2D eigenvalue weighted by Crippen LogP contribution is 2.35. The Morgan fingerprint density at radius 3 is 2.72 bits per heavy atom. The highest BCUT2D eigenvalue weighted by atomic mass is 19.1. The van der Waals surface area contributed by atoms with E-state index in [1.807, 2.05) is 30.3 Å². The number of ether oxygens (including phenoxy) is 1. The van der Waals surface area contributed by atoms with Crippen molar-refractivity contribution in [1.82, 2.24) is 15.3 Å². The second-order valence-electron chi connectivity index (χ2n) is 6.01. The van der Waals surface area contributed by atoms with E-state index in [1.165, 1.54) is 6.20 Å². The Morgan fingerprint density at radius 1 is 1.08 bits per heavy atom. The van der Waals surface area contributed by atoms with Crippen molar-refractivity contribution in [1.29, 1.82) is 0 Å². The van der Waals surface area contributed by atoms with Gasteiger partial charge in [-0.2, -0.15) is 0 Å². The summed E-state index contributed by atoms with van der Waals surface area (Å²) < 4.78 is 19.9. The molecule has 2 heterocycles. The zero-order chi connectivity index (χ0) is 17.2. The maximum atomic E-state index is 14.0. The van der Waals surface area contributed by atoms with Crippen LogP contribution in [0.5, 0.6) is 5.75 Å². The fraction of sp³-hybridized carbons (Fsp3) is 0.200.